The summed E-state index contributed by atoms with van der Waals surface area (Å²) < 4.78 is 50.9. The lowest BCUT2D eigenvalue weighted by Gasteiger charge is -2.31. The van der Waals surface area contributed by atoms with Gasteiger partial charge in [0.05, 0.1) is 13.7 Å². The first kappa shape index (κ1) is 19.1. The fraction of sp³-hybridized carbons (Fsp3) is 0.625. The first-order chi connectivity index (χ1) is 11.5. The number of benzene rings is 1. The van der Waals surface area contributed by atoms with Gasteiger partial charge in [-0.15, -0.1) is 0 Å². The van der Waals surface area contributed by atoms with E-state index in [2.05, 4.69) is 9.62 Å². The van der Waals surface area contributed by atoms with Crippen LogP contribution in [0.3, 0.4) is 0 Å². The molecule has 1 N–H and O–H groups in total. The Morgan fingerprint density at radius 3 is 2.62 bits per heavy atom. The first-order valence-electron chi connectivity index (χ1n) is 8.00. The lowest BCUT2D eigenvalue weighted by Crippen LogP contribution is -2.39. The summed E-state index contributed by atoms with van der Waals surface area (Å²) in [6, 6.07) is 3.47. The van der Waals surface area contributed by atoms with Gasteiger partial charge in [-0.1, -0.05) is 0 Å². The van der Waals surface area contributed by atoms with Crippen LogP contribution in [0.5, 0.6) is 5.75 Å². The Morgan fingerprint density at radius 2 is 2.00 bits per heavy atom. The zero-order valence-electron chi connectivity index (χ0n) is 14.1. The van der Waals surface area contributed by atoms with Crippen LogP contribution in [0.2, 0.25) is 0 Å². The third-order valence-corrected chi connectivity index (χ3v) is 5.74. The molecule has 1 aromatic rings. The summed E-state index contributed by atoms with van der Waals surface area (Å²) in [5.41, 5.74) is 0. The second-order valence-corrected chi connectivity index (χ2v) is 7.66. The summed E-state index contributed by atoms with van der Waals surface area (Å²) in [5, 5.41) is 0. The van der Waals surface area contributed by atoms with Crippen molar-refractivity contribution in [3.8, 4) is 5.75 Å². The summed E-state index contributed by atoms with van der Waals surface area (Å²) in [6.45, 7) is 3.81. The zero-order chi connectivity index (χ0) is 17.6. The maximum Gasteiger partial charge on any atom is 0.244 e. The van der Waals surface area contributed by atoms with Crippen LogP contribution in [0, 0.1) is 11.7 Å². The van der Waals surface area contributed by atoms with Gasteiger partial charge in [-0.3, -0.25) is 0 Å². The van der Waals surface area contributed by atoms with Gasteiger partial charge >= 0.3 is 0 Å². The van der Waals surface area contributed by atoms with Crippen molar-refractivity contribution >= 4 is 10.0 Å². The van der Waals surface area contributed by atoms with Crippen LogP contribution in [0.4, 0.5) is 4.39 Å². The van der Waals surface area contributed by atoms with Gasteiger partial charge in [-0.25, -0.2) is 17.5 Å². The molecule has 24 heavy (non-hydrogen) atoms. The van der Waals surface area contributed by atoms with Crippen molar-refractivity contribution in [2.24, 2.45) is 5.92 Å². The van der Waals surface area contributed by atoms with E-state index in [-0.39, 0.29) is 16.6 Å². The van der Waals surface area contributed by atoms with Crippen molar-refractivity contribution in [3.63, 3.8) is 0 Å². The SMILES string of the molecule is COCCN1CCC(CNS(=O)(=O)c2cc(F)ccc2OC)CC1. The molecular weight excluding hydrogens is 335 g/mol. The second kappa shape index (κ2) is 8.75. The van der Waals surface area contributed by atoms with Crippen LogP contribution in [0.15, 0.2) is 23.1 Å². The van der Waals surface area contributed by atoms with E-state index in [1.807, 2.05) is 0 Å². The Bertz CT molecular complexity index is 631. The van der Waals surface area contributed by atoms with Gasteiger partial charge in [0.1, 0.15) is 16.5 Å². The third kappa shape index (κ3) is 5.14. The molecule has 0 aliphatic carbocycles. The molecule has 136 valence electrons. The monoisotopic (exact) mass is 360 g/mol. The predicted octanol–water partition coefficient (Wildman–Crippen LogP) is 1.47. The van der Waals surface area contributed by atoms with E-state index in [1.54, 1.807) is 7.11 Å². The molecule has 0 saturated carbocycles. The van der Waals surface area contributed by atoms with Crippen molar-refractivity contribution in [1.82, 2.24) is 9.62 Å². The lowest BCUT2D eigenvalue weighted by molar-refractivity contribution is 0.121. The minimum Gasteiger partial charge on any atom is -0.495 e. The Morgan fingerprint density at radius 1 is 1.29 bits per heavy atom. The Labute approximate surface area is 143 Å². The number of rotatable bonds is 8. The van der Waals surface area contributed by atoms with E-state index in [0.29, 0.717) is 13.2 Å². The minimum absolute atomic E-state index is 0.137. The predicted molar refractivity (Wildman–Crippen MR) is 89.2 cm³/mol. The average Bonchev–Trinajstić information content (AvgIpc) is 2.59. The van der Waals surface area contributed by atoms with Crippen LogP contribution < -0.4 is 9.46 Å². The molecule has 1 heterocycles. The standard InChI is InChI=1S/C16H25FN2O4S/c1-22-10-9-19-7-5-13(6-8-19)12-18-24(20,21)16-11-14(17)3-4-15(16)23-2/h3-4,11,13,18H,5-10,12H2,1-2H3. The maximum atomic E-state index is 13.4. The van der Waals surface area contributed by atoms with Crippen molar-refractivity contribution in [1.29, 1.82) is 0 Å². The van der Waals surface area contributed by atoms with E-state index >= 15 is 0 Å². The molecule has 2 rings (SSSR count). The molecule has 0 radical (unpaired) electrons. The average molecular weight is 360 g/mol. The molecule has 1 fully saturated rings. The summed E-state index contributed by atoms with van der Waals surface area (Å²) in [5.74, 6) is -0.195. The highest BCUT2D eigenvalue weighted by Gasteiger charge is 2.24. The lowest BCUT2D eigenvalue weighted by atomic mass is 9.97. The summed E-state index contributed by atoms with van der Waals surface area (Å²) >= 11 is 0. The van der Waals surface area contributed by atoms with E-state index < -0.39 is 15.8 Å². The number of likely N-dealkylation sites (tertiary alicyclic amines) is 1. The highest BCUT2D eigenvalue weighted by Crippen LogP contribution is 2.25. The molecule has 6 nitrogen and oxygen atoms in total. The number of nitrogens with one attached hydrogen (secondary N) is 1. The molecule has 0 unspecified atom stereocenters. The van der Waals surface area contributed by atoms with Gasteiger partial charge < -0.3 is 14.4 Å². The number of hydrogen-bond acceptors (Lipinski definition) is 5. The van der Waals surface area contributed by atoms with Gasteiger partial charge in [0.25, 0.3) is 0 Å². The quantitative estimate of drug-likeness (QED) is 0.760. The molecule has 1 aromatic carbocycles. The fourth-order valence-electron chi connectivity index (χ4n) is 2.80. The first-order valence-corrected chi connectivity index (χ1v) is 9.49. The molecule has 1 aliphatic heterocycles. The number of piperidine rings is 1. The van der Waals surface area contributed by atoms with Crippen molar-refractivity contribution in [2.75, 3.05) is 47.0 Å². The zero-order valence-corrected chi connectivity index (χ0v) is 14.9. The molecule has 0 spiro atoms. The van der Waals surface area contributed by atoms with Crippen LogP contribution in [-0.2, 0) is 14.8 Å². The van der Waals surface area contributed by atoms with Crippen LogP contribution >= 0.6 is 0 Å². The molecule has 1 saturated heterocycles. The molecule has 0 atom stereocenters. The van der Waals surface area contributed by atoms with Gasteiger partial charge in [-0.05, 0) is 50.0 Å². The van der Waals surface area contributed by atoms with Gasteiger partial charge in [-0.2, -0.15) is 0 Å². The summed E-state index contributed by atoms with van der Waals surface area (Å²) in [7, 11) is -0.755. The molecule has 0 bridgehead atoms. The van der Waals surface area contributed by atoms with Crippen molar-refractivity contribution in [3.05, 3.63) is 24.0 Å². The molecular formula is C16H25FN2O4S. The summed E-state index contributed by atoms with van der Waals surface area (Å²) in [4.78, 5) is 2.15. The highest BCUT2D eigenvalue weighted by atomic mass is 32.2. The van der Waals surface area contributed by atoms with E-state index in [0.717, 1.165) is 38.5 Å². The smallest absolute Gasteiger partial charge is 0.244 e. The van der Waals surface area contributed by atoms with E-state index in [4.69, 9.17) is 9.47 Å². The van der Waals surface area contributed by atoms with Crippen LogP contribution in [-0.4, -0.2) is 60.3 Å². The molecule has 0 aromatic heterocycles. The molecule has 0 amide bonds. The van der Waals surface area contributed by atoms with Crippen LogP contribution in [0.25, 0.3) is 0 Å². The van der Waals surface area contributed by atoms with Crippen molar-refractivity contribution in [2.45, 2.75) is 17.7 Å². The van der Waals surface area contributed by atoms with E-state index in [9.17, 15) is 12.8 Å². The van der Waals surface area contributed by atoms with E-state index in [1.165, 1.54) is 19.2 Å². The van der Waals surface area contributed by atoms with Crippen molar-refractivity contribution < 1.29 is 22.3 Å². The van der Waals surface area contributed by atoms with Gasteiger partial charge in [0.2, 0.25) is 10.0 Å². The third-order valence-electron chi connectivity index (χ3n) is 4.30. The van der Waals surface area contributed by atoms with Crippen LogP contribution in [0.1, 0.15) is 12.8 Å². The Hall–Kier alpha value is -1.22. The fourth-order valence-corrected chi connectivity index (χ4v) is 4.10. The minimum atomic E-state index is -3.80. The largest absolute Gasteiger partial charge is 0.495 e. The number of hydrogen-bond donors (Lipinski definition) is 1. The normalized spacial score (nSPS) is 17.1. The number of ether oxygens (including phenoxy) is 2. The van der Waals surface area contributed by atoms with Gasteiger partial charge in [0.15, 0.2) is 0 Å². The maximum absolute atomic E-state index is 13.4. The second-order valence-electron chi connectivity index (χ2n) is 5.92. The topological polar surface area (TPSA) is 67.9 Å². The Kier molecular flexibility index (Phi) is 6.97. The summed E-state index contributed by atoms with van der Waals surface area (Å²) in [6.07, 6.45) is 1.85. The number of halogens is 1. The molecule has 8 heteroatoms. The van der Waals surface area contributed by atoms with Gasteiger partial charge in [0, 0.05) is 20.2 Å². The number of nitrogens with zero attached hydrogens (tertiary/aromatic N) is 1. The highest BCUT2D eigenvalue weighted by molar-refractivity contribution is 7.89. The molecule has 1 aliphatic rings. The number of sulfonamides is 1. The Balaban J connectivity index is 1.91. The number of methoxy groups -OCH3 is 2.